The molecule has 7 nitrogen and oxygen atoms in total. The van der Waals surface area contributed by atoms with Gasteiger partial charge in [-0.25, -0.2) is 9.78 Å². The molecule has 1 aliphatic rings. The molecule has 2 atom stereocenters. The molecule has 1 aliphatic carbocycles. The summed E-state index contributed by atoms with van der Waals surface area (Å²) in [5.74, 6) is 0.151. The number of amides is 1. The van der Waals surface area contributed by atoms with E-state index in [4.69, 9.17) is 14.5 Å². The highest BCUT2D eigenvalue weighted by atomic mass is 32.1. The van der Waals surface area contributed by atoms with Crippen LogP contribution >= 0.6 is 11.3 Å². The summed E-state index contributed by atoms with van der Waals surface area (Å²) >= 11 is 1.47. The summed E-state index contributed by atoms with van der Waals surface area (Å²) in [4.78, 5) is 29.9. The van der Waals surface area contributed by atoms with Crippen LogP contribution in [0.15, 0.2) is 46.9 Å². The van der Waals surface area contributed by atoms with Gasteiger partial charge in [0.15, 0.2) is 0 Å². The van der Waals surface area contributed by atoms with Gasteiger partial charge in [0.05, 0.1) is 24.9 Å². The molecule has 1 aromatic carbocycles. The summed E-state index contributed by atoms with van der Waals surface area (Å²) in [6.07, 6.45) is 10.3. The minimum absolute atomic E-state index is 0.000756. The molecular weight excluding hydrogens is 524 g/mol. The van der Waals surface area contributed by atoms with Crippen LogP contribution in [0.4, 0.5) is 0 Å². The van der Waals surface area contributed by atoms with E-state index in [0.717, 1.165) is 72.5 Å². The molecule has 8 heteroatoms. The van der Waals surface area contributed by atoms with Crippen molar-refractivity contribution in [2.75, 3.05) is 13.2 Å². The van der Waals surface area contributed by atoms with Crippen molar-refractivity contribution >= 4 is 29.3 Å². The summed E-state index contributed by atoms with van der Waals surface area (Å²) in [6, 6.07) is 7.55. The summed E-state index contributed by atoms with van der Waals surface area (Å²) in [7, 11) is 0. The highest BCUT2D eigenvalue weighted by Gasteiger charge is 2.30. The van der Waals surface area contributed by atoms with E-state index in [1.807, 2.05) is 42.6 Å². The Kier molecular flexibility index (Phi) is 12.9. The molecule has 0 spiro atoms. The molecule has 0 aliphatic heterocycles. The Labute approximate surface area is 242 Å². The first kappa shape index (κ1) is 31.6. The fourth-order valence-corrected chi connectivity index (χ4v) is 5.69. The third-order valence-electron chi connectivity index (χ3n) is 7.07. The molecule has 0 radical (unpaired) electrons. The Balaban J connectivity index is 1.78. The van der Waals surface area contributed by atoms with Gasteiger partial charge in [0.25, 0.3) is 0 Å². The molecule has 2 aromatic rings. The number of carbonyl (C=O) groups is 2. The lowest BCUT2D eigenvalue weighted by Gasteiger charge is -2.27. The average Bonchev–Trinajstić information content (AvgIpc) is 3.42. The smallest absolute Gasteiger partial charge is 0.333 e. The minimum atomic E-state index is -1.02. The third-order valence-corrected chi connectivity index (χ3v) is 8.04. The molecule has 0 bridgehead atoms. The van der Waals surface area contributed by atoms with E-state index in [9.17, 15) is 14.7 Å². The van der Waals surface area contributed by atoms with E-state index in [1.54, 1.807) is 19.9 Å². The zero-order valence-corrected chi connectivity index (χ0v) is 25.1. The number of thiazole rings is 1. The number of benzene rings is 1. The number of carbonyl (C=O) groups excluding carboxylic acids is 2. The maximum Gasteiger partial charge on any atom is 0.333 e. The molecule has 1 heterocycles. The normalized spacial score (nSPS) is 16.3. The third kappa shape index (κ3) is 9.89. The van der Waals surface area contributed by atoms with Crippen molar-refractivity contribution in [3.8, 4) is 5.75 Å². The zero-order chi connectivity index (χ0) is 28.9. The van der Waals surface area contributed by atoms with Gasteiger partial charge in [0.2, 0.25) is 5.91 Å². The molecular formula is C32H44N2O5S. The van der Waals surface area contributed by atoms with Crippen LogP contribution in [-0.4, -0.2) is 41.3 Å². The van der Waals surface area contributed by atoms with Crippen molar-refractivity contribution in [1.29, 1.82) is 0 Å². The first-order valence-electron chi connectivity index (χ1n) is 14.5. The van der Waals surface area contributed by atoms with E-state index in [0.29, 0.717) is 25.2 Å². The Morgan fingerprint density at radius 3 is 2.55 bits per heavy atom. The SMILES string of the molecule is CCCCOc1ccc(C[C@H](NC(=O)C(O)C2CCCCC2)c2nc(/C=C(C)/C=C(/C)C(=O)OCC)cs2)cc1. The van der Waals surface area contributed by atoms with Crippen molar-refractivity contribution in [2.45, 2.75) is 91.2 Å². The van der Waals surface area contributed by atoms with E-state index in [-0.39, 0.29) is 23.8 Å². The number of hydrogen-bond donors (Lipinski definition) is 2. The van der Waals surface area contributed by atoms with E-state index in [1.165, 1.54) is 11.3 Å². The molecule has 1 fully saturated rings. The molecule has 1 amide bonds. The quantitative estimate of drug-likeness (QED) is 0.116. The number of hydrogen-bond acceptors (Lipinski definition) is 7. The van der Waals surface area contributed by atoms with Gasteiger partial charge in [-0.2, -0.15) is 0 Å². The van der Waals surface area contributed by atoms with Crippen molar-refractivity contribution in [2.24, 2.45) is 5.92 Å². The predicted molar refractivity (Wildman–Crippen MR) is 160 cm³/mol. The molecule has 1 saturated carbocycles. The zero-order valence-electron chi connectivity index (χ0n) is 24.3. The van der Waals surface area contributed by atoms with E-state index < -0.39 is 6.10 Å². The first-order chi connectivity index (χ1) is 19.3. The number of rotatable bonds is 14. The maximum absolute atomic E-state index is 13.2. The standard InChI is InChI=1S/C32H44N2O5S/c1-5-7-17-39-27-15-13-24(14-16-27)20-28(34-30(36)29(35)25-11-9-8-10-12-25)31-33-26(21-40-31)19-22(3)18-23(4)32(37)38-6-2/h13-16,18-19,21,25,28-29,35H,5-12,17,20H2,1-4H3,(H,34,36)/b22-19+,23-18-/t28-,29?/m0/s1. The Morgan fingerprint density at radius 2 is 1.88 bits per heavy atom. The molecule has 1 unspecified atom stereocenters. The van der Waals surface area contributed by atoms with Gasteiger partial charge in [0, 0.05) is 11.0 Å². The number of aromatic nitrogens is 1. The summed E-state index contributed by atoms with van der Waals surface area (Å²) in [6.45, 7) is 8.57. The number of esters is 1. The summed E-state index contributed by atoms with van der Waals surface area (Å²) in [5.41, 5.74) is 3.18. The average molecular weight is 569 g/mol. The summed E-state index contributed by atoms with van der Waals surface area (Å²) in [5, 5.41) is 16.6. The number of unbranched alkanes of at least 4 members (excludes halogenated alkanes) is 1. The maximum atomic E-state index is 13.2. The van der Waals surface area contributed by atoms with E-state index in [2.05, 4.69) is 12.2 Å². The van der Waals surface area contributed by atoms with Crippen molar-refractivity contribution in [1.82, 2.24) is 10.3 Å². The van der Waals surface area contributed by atoms with Crippen LogP contribution in [-0.2, 0) is 20.7 Å². The number of allylic oxidation sites excluding steroid dienone is 2. The Bertz CT molecular complexity index is 1150. The number of aliphatic hydroxyl groups excluding tert-OH is 1. The van der Waals surface area contributed by atoms with Crippen LogP contribution < -0.4 is 10.1 Å². The van der Waals surface area contributed by atoms with Gasteiger partial charge in [-0.15, -0.1) is 11.3 Å². The first-order valence-corrected chi connectivity index (χ1v) is 15.4. The van der Waals surface area contributed by atoms with Gasteiger partial charge >= 0.3 is 5.97 Å². The highest BCUT2D eigenvalue weighted by molar-refractivity contribution is 7.09. The summed E-state index contributed by atoms with van der Waals surface area (Å²) < 4.78 is 10.9. The van der Waals surface area contributed by atoms with Crippen LogP contribution in [0, 0.1) is 5.92 Å². The van der Waals surface area contributed by atoms with Gasteiger partial charge < -0.3 is 19.9 Å². The molecule has 2 N–H and O–H groups in total. The van der Waals surface area contributed by atoms with Gasteiger partial charge in [0.1, 0.15) is 16.9 Å². The lowest BCUT2D eigenvalue weighted by atomic mass is 9.85. The highest BCUT2D eigenvalue weighted by Crippen LogP contribution is 2.29. The van der Waals surface area contributed by atoms with Crippen LogP contribution in [0.1, 0.15) is 94.9 Å². The largest absolute Gasteiger partial charge is 0.494 e. The molecule has 3 rings (SSSR count). The number of nitrogens with one attached hydrogen (secondary N) is 1. The number of nitrogens with zero attached hydrogens (tertiary/aromatic N) is 1. The van der Waals surface area contributed by atoms with Crippen LogP contribution in [0.2, 0.25) is 0 Å². The van der Waals surface area contributed by atoms with Crippen LogP contribution in [0.25, 0.3) is 6.08 Å². The van der Waals surface area contributed by atoms with Crippen LogP contribution in [0.5, 0.6) is 5.75 Å². The minimum Gasteiger partial charge on any atom is -0.494 e. The second-order valence-corrected chi connectivity index (χ2v) is 11.4. The topological polar surface area (TPSA) is 97.8 Å². The number of aliphatic hydroxyl groups is 1. The molecule has 1 aromatic heterocycles. The van der Waals surface area contributed by atoms with Gasteiger partial charge in [-0.1, -0.05) is 44.7 Å². The van der Waals surface area contributed by atoms with Crippen LogP contribution in [0.3, 0.4) is 0 Å². The molecule has 0 saturated heterocycles. The fourth-order valence-electron chi connectivity index (χ4n) is 4.86. The molecule has 40 heavy (non-hydrogen) atoms. The second kappa shape index (κ2) is 16.3. The Morgan fingerprint density at radius 1 is 1.15 bits per heavy atom. The van der Waals surface area contributed by atoms with Crippen molar-refractivity contribution in [3.63, 3.8) is 0 Å². The second-order valence-electron chi connectivity index (χ2n) is 10.5. The van der Waals surface area contributed by atoms with Gasteiger partial charge in [-0.05, 0) is 87.8 Å². The Hall–Kier alpha value is -2.97. The lowest BCUT2D eigenvalue weighted by Crippen LogP contribution is -2.42. The molecule has 218 valence electrons. The van der Waals surface area contributed by atoms with Crippen molar-refractivity contribution in [3.05, 3.63) is 63.1 Å². The van der Waals surface area contributed by atoms with Crippen molar-refractivity contribution < 1.29 is 24.2 Å². The predicted octanol–water partition coefficient (Wildman–Crippen LogP) is 6.58. The van der Waals surface area contributed by atoms with E-state index >= 15 is 0 Å². The monoisotopic (exact) mass is 568 g/mol. The number of ether oxygens (including phenoxy) is 2. The lowest BCUT2D eigenvalue weighted by molar-refractivity contribution is -0.138. The fraction of sp³-hybridized carbons (Fsp3) is 0.531. The van der Waals surface area contributed by atoms with Gasteiger partial charge in [-0.3, -0.25) is 4.79 Å².